The number of hydrogen-bond donors (Lipinski definition) is 0. The Hall–Kier alpha value is -3.52. The van der Waals surface area contributed by atoms with Crippen LogP contribution >= 0.6 is 11.6 Å². The second-order valence-corrected chi connectivity index (χ2v) is 9.17. The zero-order valence-electron chi connectivity index (χ0n) is 19.4. The summed E-state index contributed by atoms with van der Waals surface area (Å²) < 4.78 is 28.8. The highest BCUT2D eigenvalue weighted by Gasteiger charge is 2.27. The fourth-order valence-electron chi connectivity index (χ4n) is 4.41. The summed E-state index contributed by atoms with van der Waals surface area (Å²) in [7, 11) is 0. The molecule has 2 aromatic heterocycles. The molecule has 1 amide bonds. The monoisotopic (exact) mass is 495 g/mol. The summed E-state index contributed by atoms with van der Waals surface area (Å²) in [6.07, 6.45) is -1.43. The smallest absolute Gasteiger partial charge is 0.280 e. The Kier molecular flexibility index (Phi) is 6.15. The summed E-state index contributed by atoms with van der Waals surface area (Å²) >= 11 is 6.18. The van der Waals surface area contributed by atoms with E-state index in [1.54, 1.807) is 4.90 Å². The minimum absolute atomic E-state index is 0.136. The van der Waals surface area contributed by atoms with Gasteiger partial charge in [0.2, 0.25) is 0 Å². The topological polar surface area (TPSA) is 53.7 Å². The molecule has 5 rings (SSSR count). The van der Waals surface area contributed by atoms with Gasteiger partial charge in [-0.05, 0) is 37.6 Å². The standard InChI is InChI=1S/C26H24ClF2N5O/c1-16-3-6-18(7-4-16)21-14-23(24(28)29)34-25(31-21)20(15-30-34)26(35)33-11-9-32(10-12-33)22-13-19(27)8-5-17(22)2/h3-8,13-15,24H,9-12H2,1-2H3. The minimum atomic E-state index is -2.77. The largest absolute Gasteiger partial charge is 0.368 e. The van der Waals surface area contributed by atoms with Crippen LogP contribution in [0.5, 0.6) is 0 Å². The molecule has 4 aromatic rings. The molecule has 2 aromatic carbocycles. The van der Waals surface area contributed by atoms with E-state index in [0.29, 0.717) is 42.5 Å². The van der Waals surface area contributed by atoms with Crippen LogP contribution in [0.1, 0.15) is 33.6 Å². The van der Waals surface area contributed by atoms with Crippen LogP contribution in [-0.4, -0.2) is 51.6 Å². The van der Waals surface area contributed by atoms with Crippen LogP contribution in [0.25, 0.3) is 16.9 Å². The van der Waals surface area contributed by atoms with Gasteiger partial charge in [0, 0.05) is 42.5 Å². The van der Waals surface area contributed by atoms with Crippen LogP contribution < -0.4 is 4.90 Å². The maximum atomic E-state index is 13.9. The molecule has 0 radical (unpaired) electrons. The van der Waals surface area contributed by atoms with Crippen LogP contribution in [0, 0.1) is 13.8 Å². The molecule has 0 atom stereocenters. The molecule has 0 spiro atoms. The number of aryl methyl sites for hydroxylation is 2. The van der Waals surface area contributed by atoms with Crippen molar-refractivity contribution < 1.29 is 13.6 Å². The second-order valence-electron chi connectivity index (χ2n) is 8.74. The summed E-state index contributed by atoms with van der Waals surface area (Å²) in [5.41, 5.74) is 4.34. The van der Waals surface area contributed by atoms with E-state index in [1.807, 2.05) is 56.3 Å². The molecule has 1 saturated heterocycles. The van der Waals surface area contributed by atoms with Gasteiger partial charge >= 0.3 is 0 Å². The number of aromatic nitrogens is 3. The van der Waals surface area contributed by atoms with Crippen molar-refractivity contribution in [3.8, 4) is 11.3 Å². The highest BCUT2D eigenvalue weighted by Crippen LogP contribution is 2.29. The Morgan fingerprint density at radius 3 is 2.40 bits per heavy atom. The summed E-state index contributed by atoms with van der Waals surface area (Å²) in [4.78, 5) is 21.9. The highest BCUT2D eigenvalue weighted by atomic mass is 35.5. The van der Waals surface area contributed by atoms with E-state index >= 15 is 0 Å². The van der Waals surface area contributed by atoms with Crippen molar-refractivity contribution in [1.29, 1.82) is 0 Å². The Bertz CT molecular complexity index is 1400. The van der Waals surface area contributed by atoms with Crippen molar-refractivity contribution in [3.63, 3.8) is 0 Å². The van der Waals surface area contributed by atoms with Crippen LogP contribution in [0.4, 0.5) is 14.5 Å². The molecule has 0 unspecified atom stereocenters. The third kappa shape index (κ3) is 4.46. The van der Waals surface area contributed by atoms with Gasteiger partial charge in [-0.3, -0.25) is 4.79 Å². The molecule has 35 heavy (non-hydrogen) atoms. The Morgan fingerprint density at radius 2 is 1.71 bits per heavy atom. The van der Waals surface area contributed by atoms with E-state index in [-0.39, 0.29) is 22.8 Å². The Balaban J connectivity index is 1.44. The molecule has 1 aliphatic heterocycles. The maximum Gasteiger partial charge on any atom is 0.280 e. The average molecular weight is 496 g/mol. The van der Waals surface area contributed by atoms with Crippen molar-refractivity contribution in [3.05, 3.63) is 82.1 Å². The first-order valence-electron chi connectivity index (χ1n) is 11.4. The SMILES string of the molecule is Cc1ccc(-c2cc(C(F)F)n3ncc(C(=O)N4CCN(c5cc(Cl)ccc5C)CC4)c3n2)cc1. The van der Waals surface area contributed by atoms with Crippen LogP contribution in [0.2, 0.25) is 5.02 Å². The van der Waals surface area contributed by atoms with Crippen LogP contribution in [0.3, 0.4) is 0 Å². The quantitative estimate of drug-likeness (QED) is 0.371. The lowest BCUT2D eigenvalue weighted by Gasteiger charge is -2.36. The van der Waals surface area contributed by atoms with Gasteiger partial charge in [-0.2, -0.15) is 5.10 Å². The zero-order chi connectivity index (χ0) is 24.7. The van der Waals surface area contributed by atoms with Crippen molar-refractivity contribution in [2.24, 2.45) is 0 Å². The molecule has 0 saturated carbocycles. The van der Waals surface area contributed by atoms with E-state index in [2.05, 4.69) is 15.0 Å². The lowest BCUT2D eigenvalue weighted by molar-refractivity contribution is 0.0748. The lowest BCUT2D eigenvalue weighted by Crippen LogP contribution is -2.49. The number of alkyl halides is 2. The summed E-state index contributed by atoms with van der Waals surface area (Å²) in [6.45, 7) is 6.22. The van der Waals surface area contributed by atoms with Crippen molar-refractivity contribution in [2.45, 2.75) is 20.3 Å². The fraction of sp³-hybridized carbons (Fsp3) is 0.269. The number of hydrogen-bond acceptors (Lipinski definition) is 4. The Labute approximate surface area is 206 Å². The first-order valence-corrected chi connectivity index (χ1v) is 11.7. The Morgan fingerprint density at radius 1 is 1.00 bits per heavy atom. The number of fused-ring (bicyclic) bond motifs is 1. The molecular formula is C26H24ClF2N5O. The number of piperazine rings is 1. The highest BCUT2D eigenvalue weighted by molar-refractivity contribution is 6.30. The summed E-state index contributed by atoms with van der Waals surface area (Å²) in [5.74, 6) is -0.267. The second kappa shape index (κ2) is 9.26. The molecule has 1 aliphatic rings. The lowest BCUT2D eigenvalue weighted by atomic mass is 10.1. The van der Waals surface area contributed by atoms with E-state index in [0.717, 1.165) is 21.3 Å². The van der Waals surface area contributed by atoms with Gasteiger partial charge < -0.3 is 9.80 Å². The van der Waals surface area contributed by atoms with Gasteiger partial charge in [-0.25, -0.2) is 18.3 Å². The number of carbonyl (C=O) groups excluding carboxylic acids is 1. The number of carbonyl (C=O) groups is 1. The van der Waals surface area contributed by atoms with Crippen molar-refractivity contribution in [2.75, 3.05) is 31.1 Å². The predicted octanol–water partition coefficient (Wildman–Crippen LogP) is 5.57. The normalized spacial score (nSPS) is 14.2. The number of anilines is 1. The molecule has 0 aliphatic carbocycles. The molecule has 3 heterocycles. The average Bonchev–Trinajstić information content (AvgIpc) is 3.29. The van der Waals surface area contributed by atoms with E-state index in [1.165, 1.54) is 12.3 Å². The molecule has 0 bridgehead atoms. The van der Waals surface area contributed by atoms with Crippen molar-refractivity contribution >= 4 is 28.8 Å². The minimum Gasteiger partial charge on any atom is -0.368 e. The summed E-state index contributed by atoms with van der Waals surface area (Å²) in [6, 6.07) is 14.6. The summed E-state index contributed by atoms with van der Waals surface area (Å²) in [5, 5.41) is 4.76. The third-order valence-electron chi connectivity index (χ3n) is 6.38. The van der Waals surface area contributed by atoms with Gasteiger partial charge in [0.05, 0.1) is 11.9 Å². The van der Waals surface area contributed by atoms with Crippen molar-refractivity contribution in [1.82, 2.24) is 19.5 Å². The van der Waals surface area contributed by atoms with Crippen LogP contribution in [0.15, 0.2) is 54.7 Å². The molecular weight excluding hydrogens is 472 g/mol. The van der Waals surface area contributed by atoms with E-state index in [9.17, 15) is 13.6 Å². The first kappa shape index (κ1) is 23.2. The number of nitrogens with zero attached hydrogens (tertiary/aromatic N) is 5. The third-order valence-corrected chi connectivity index (χ3v) is 6.61. The van der Waals surface area contributed by atoms with Gasteiger partial charge in [0.1, 0.15) is 11.3 Å². The van der Waals surface area contributed by atoms with Gasteiger partial charge in [0.15, 0.2) is 5.65 Å². The zero-order valence-corrected chi connectivity index (χ0v) is 20.1. The first-order chi connectivity index (χ1) is 16.8. The van der Waals surface area contributed by atoms with Gasteiger partial charge in [-0.15, -0.1) is 0 Å². The fourth-order valence-corrected chi connectivity index (χ4v) is 4.57. The predicted molar refractivity (Wildman–Crippen MR) is 132 cm³/mol. The van der Waals surface area contributed by atoms with Gasteiger partial charge in [0.25, 0.3) is 12.3 Å². The molecule has 1 fully saturated rings. The number of amides is 1. The number of benzene rings is 2. The molecule has 0 N–H and O–H groups in total. The number of rotatable bonds is 4. The van der Waals surface area contributed by atoms with Gasteiger partial charge in [-0.1, -0.05) is 47.5 Å². The van der Waals surface area contributed by atoms with E-state index in [4.69, 9.17) is 11.6 Å². The molecule has 6 nitrogen and oxygen atoms in total. The molecule has 9 heteroatoms. The maximum absolute atomic E-state index is 13.9. The number of halogens is 3. The van der Waals surface area contributed by atoms with E-state index < -0.39 is 6.43 Å². The molecule has 180 valence electrons. The van der Waals surface area contributed by atoms with Crippen LogP contribution in [-0.2, 0) is 0 Å².